The molecular formula is C16H21N4O5+. The van der Waals surface area contributed by atoms with Gasteiger partial charge in [-0.25, -0.2) is 4.79 Å². The van der Waals surface area contributed by atoms with E-state index in [-0.39, 0.29) is 23.9 Å². The van der Waals surface area contributed by atoms with Gasteiger partial charge in [0.25, 0.3) is 0 Å². The van der Waals surface area contributed by atoms with Crippen molar-refractivity contribution >= 4 is 23.1 Å². The molecule has 0 amide bonds. The minimum absolute atomic E-state index is 0.0778. The first-order valence-electron chi connectivity index (χ1n) is 7.38. The van der Waals surface area contributed by atoms with Gasteiger partial charge in [-0.15, -0.1) is 0 Å². The third-order valence-electron chi connectivity index (χ3n) is 3.26. The number of nitriles is 1. The SMILES string of the molecule is CO/N=C(/C(=O)OC)C1=CC=CCC1CON=C(C)/C(C#N)=[NH+]/OC. The van der Waals surface area contributed by atoms with Gasteiger partial charge in [-0.2, -0.15) is 5.26 Å². The van der Waals surface area contributed by atoms with Gasteiger partial charge in [0.2, 0.25) is 0 Å². The molecule has 9 heteroatoms. The second-order valence-electron chi connectivity index (χ2n) is 4.86. The Hall–Kier alpha value is -3.15. The van der Waals surface area contributed by atoms with E-state index in [0.29, 0.717) is 17.7 Å². The van der Waals surface area contributed by atoms with E-state index >= 15 is 0 Å². The Morgan fingerprint density at radius 3 is 2.76 bits per heavy atom. The van der Waals surface area contributed by atoms with E-state index in [1.807, 2.05) is 18.2 Å². The lowest BCUT2D eigenvalue weighted by Crippen LogP contribution is -2.72. The number of methoxy groups -OCH3 is 1. The zero-order valence-corrected chi connectivity index (χ0v) is 14.6. The van der Waals surface area contributed by atoms with E-state index in [4.69, 9.17) is 19.7 Å². The molecule has 1 aliphatic carbocycles. The molecular weight excluding hydrogens is 328 g/mol. The minimum atomic E-state index is -0.600. The molecule has 0 spiro atoms. The average Bonchev–Trinajstić information content (AvgIpc) is 2.64. The maximum absolute atomic E-state index is 11.9. The molecule has 1 rings (SSSR count). The van der Waals surface area contributed by atoms with Crippen LogP contribution in [0.25, 0.3) is 0 Å². The largest absolute Gasteiger partial charge is 0.464 e. The quantitative estimate of drug-likeness (QED) is 0.364. The van der Waals surface area contributed by atoms with Crippen LogP contribution in [-0.4, -0.2) is 51.0 Å². The Kier molecular flexibility index (Phi) is 8.43. The minimum Gasteiger partial charge on any atom is -0.464 e. The first-order chi connectivity index (χ1) is 12.1. The van der Waals surface area contributed by atoms with E-state index in [1.54, 1.807) is 13.0 Å². The van der Waals surface area contributed by atoms with E-state index in [0.717, 1.165) is 0 Å². The average molecular weight is 349 g/mol. The van der Waals surface area contributed by atoms with E-state index < -0.39 is 5.97 Å². The number of oxime groups is 2. The molecule has 0 heterocycles. The summed E-state index contributed by atoms with van der Waals surface area (Å²) >= 11 is 0. The van der Waals surface area contributed by atoms with Crippen LogP contribution in [0.2, 0.25) is 0 Å². The molecule has 25 heavy (non-hydrogen) atoms. The van der Waals surface area contributed by atoms with Crippen molar-refractivity contribution in [1.82, 2.24) is 0 Å². The number of esters is 1. The molecule has 0 aromatic rings. The van der Waals surface area contributed by atoms with E-state index in [1.165, 1.54) is 21.3 Å². The summed E-state index contributed by atoms with van der Waals surface area (Å²) in [5, 5.41) is 19.0. The van der Waals surface area contributed by atoms with Gasteiger partial charge in [0.15, 0.2) is 17.5 Å². The highest BCUT2D eigenvalue weighted by Crippen LogP contribution is 2.23. The van der Waals surface area contributed by atoms with Crippen LogP contribution >= 0.6 is 0 Å². The number of rotatable bonds is 8. The lowest BCUT2D eigenvalue weighted by atomic mass is 9.89. The molecule has 0 aromatic heterocycles. The second kappa shape index (κ2) is 10.6. The summed E-state index contributed by atoms with van der Waals surface area (Å²) in [4.78, 5) is 26.7. The Bertz CT molecular complexity index is 671. The van der Waals surface area contributed by atoms with Gasteiger partial charge in [-0.05, 0) is 24.1 Å². The first-order valence-corrected chi connectivity index (χ1v) is 7.38. The molecule has 0 saturated heterocycles. The standard InChI is InChI=1S/C16H20N4O5/c1-11(14(9-17)19-23-3)18-25-10-12-7-5-6-8-13(12)15(20-24-4)16(21)22-2/h5-6,8,12H,7,10H2,1-4H3/p+1/b18-11?,19-14+,20-15+. The van der Waals surface area contributed by atoms with Crippen molar-refractivity contribution in [3.05, 3.63) is 23.8 Å². The molecule has 0 saturated carbocycles. The van der Waals surface area contributed by atoms with Gasteiger partial charge >= 0.3 is 11.7 Å². The topological polar surface area (TPSA) is 116 Å². The monoisotopic (exact) mass is 349 g/mol. The Morgan fingerprint density at radius 2 is 2.16 bits per heavy atom. The van der Waals surface area contributed by atoms with Crippen molar-refractivity contribution in [2.24, 2.45) is 16.2 Å². The maximum atomic E-state index is 11.9. The van der Waals surface area contributed by atoms with Crippen LogP contribution in [0.3, 0.4) is 0 Å². The van der Waals surface area contributed by atoms with Gasteiger partial charge in [-0.1, -0.05) is 28.5 Å². The summed E-state index contributed by atoms with van der Waals surface area (Å²) in [6.07, 6.45) is 6.14. The number of allylic oxidation sites excluding steroid dienone is 3. The fourth-order valence-corrected chi connectivity index (χ4v) is 2.05. The van der Waals surface area contributed by atoms with Gasteiger partial charge in [-0.3, -0.25) is 4.84 Å². The van der Waals surface area contributed by atoms with Crippen molar-refractivity contribution in [3.8, 4) is 6.07 Å². The molecule has 0 aromatic carbocycles. The molecule has 0 radical (unpaired) electrons. The number of nitrogens with zero attached hydrogens (tertiary/aromatic N) is 3. The normalized spacial score (nSPS) is 18.1. The molecule has 1 unspecified atom stereocenters. The zero-order chi connectivity index (χ0) is 18.7. The number of carbonyl (C=O) groups is 1. The van der Waals surface area contributed by atoms with Crippen LogP contribution in [0.15, 0.2) is 34.1 Å². The van der Waals surface area contributed by atoms with Crippen LogP contribution in [0, 0.1) is 17.2 Å². The van der Waals surface area contributed by atoms with Crippen molar-refractivity contribution < 1.29 is 29.2 Å². The molecule has 1 N–H and O–H groups in total. The summed E-state index contributed by atoms with van der Waals surface area (Å²) in [5.74, 6) is -0.770. The van der Waals surface area contributed by atoms with Crippen molar-refractivity contribution in [2.45, 2.75) is 13.3 Å². The molecule has 0 fully saturated rings. The zero-order valence-electron chi connectivity index (χ0n) is 14.6. The predicted molar refractivity (Wildman–Crippen MR) is 89.4 cm³/mol. The van der Waals surface area contributed by atoms with Crippen LogP contribution in [0.4, 0.5) is 0 Å². The van der Waals surface area contributed by atoms with Crippen molar-refractivity contribution in [2.75, 3.05) is 27.9 Å². The number of hydrogen-bond acceptors (Lipinski definition) is 8. The summed E-state index contributed by atoms with van der Waals surface area (Å²) < 4.78 is 4.74. The van der Waals surface area contributed by atoms with Gasteiger partial charge < -0.3 is 14.4 Å². The second-order valence-corrected chi connectivity index (χ2v) is 4.86. The Labute approximate surface area is 145 Å². The fourth-order valence-electron chi connectivity index (χ4n) is 2.05. The maximum Gasteiger partial charge on any atom is 0.360 e. The highest BCUT2D eigenvalue weighted by Gasteiger charge is 2.27. The first kappa shape index (κ1) is 19.9. The third-order valence-corrected chi connectivity index (χ3v) is 3.26. The summed E-state index contributed by atoms with van der Waals surface area (Å²) in [6.45, 7) is 1.79. The Morgan fingerprint density at radius 1 is 1.40 bits per heavy atom. The van der Waals surface area contributed by atoms with Gasteiger partial charge in [0, 0.05) is 5.92 Å². The number of carbonyl (C=O) groups excluding carboxylic acids is 1. The van der Waals surface area contributed by atoms with Gasteiger partial charge in [0.05, 0.1) is 7.11 Å². The van der Waals surface area contributed by atoms with E-state index in [2.05, 4.69) is 20.3 Å². The summed E-state index contributed by atoms with van der Waals surface area (Å²) in [5.41, 5.74) is 1.18. The molecule has 1 atom stereocenters. The molecule has 0 aliphatic heterocycles. The molecule has 0 bridgehead atoms. The lowest BCUT2D eigenvalue weighted by molar-refractivity contribution is -0.742. The van der Waals surface area contributed by atoms with Crippen LogP contribution in [0.5, 0.6) is 0 Å². The fraction of sp³-hybridized carbons (Fsp3) is 0.438. The molecule has 9 nitrogen and oxygen atoms in total. The van der Waals surface area contributed by atoms with Crippen LogP contribution in [0.1, 0.15) is 13.3 Å². The molecule has 134 valence electrons. The van der Waals surface area contributed by atoms with E-state index in [9.17, 15) is 4.79 Å². The summed E-state index contributed by atoms with van der Waals surface area (Å²) in [7, 11) is 4.01. The lowest BCUT2D eigenvalue weighted by Gasteiger charge is -2.20. The number of hydrogen-bond donors (Lipinski definition) is 1. The van der Waals surface area contributed by atoms with Crippen molar-refractivity contribution in [3.63, 3.8) is 0 Å². The Balaban J connectivity index is 2.88. The van der Waals surface area contributed by atoms with Crippen LogP contribution in [-0.2, 0) is 24.0 Å². The third kappa shape index (κ3) is 5.76. The van der Waals surface area contributed by atoms with Crippen LogP contribution < -0.4 is 5.16 Å². The molecule has 1 aliphatic rings. The number of ether oxygens (including phenoxy) is 1. The highest BCUT2D eigenvalue weighted by atomic mass is 16.6. The number of nitrogens with one attached hydrogen (secondary N) is 1. The van der Waals surface area contributed by atoms with Crippen molar-refractivity contribution in [1.29, 1.82) is 5.26 Å². The smallest absolute Gasteiger partial charge is 0.360 e. The highest BCUT2D eigenvalue weighted by molar-refractivity contribution is 6.45. The van der Waals surface area contributed by atoms with Gasteiger partial charge in [0.1, 0.15) is 20.8 Å². The summed E-state index contributed by atoms with van der Waals surface area (Å²) in [6, 6.07) is 1.91. The predicted octanol–water partition coefficient (Wildman–Crippen LogP) is -0.337.